The zero-order valence-electron chi connectivity index (χ0n) is 11.1. The Morgan fingerprint density at radius 3 is 2.57 bits per heavy atom. The minimum absolute atomic E-state index is 0.258. The summed E-state index contributed by atoms with van der Waals surface area (Å²) in [5.41, 5.74) is 1.48. The Morgan fingerprint density at radius 2 is 1.95 bits per heavy atom. The largest absolute Gasteiger partial charge is 0.573 e. The van der Waals surface area contributed by atoms with E-state index in [1.807, 2.05) is 6.07 Å². The molecular formula is C14H14F3N3O. The molecule has 112 valence electrons. The highest BCUT2D eigenvalue weighted by Crippen LogP contribution is 2.23. The van der Waals surface area contributed by atoms with Gasteiger partial charge in [0, 0.05) is 19.3 Å². The molecule has 2 rings (SSSR count). The van der Waals surface area contributed by atoms with Crippen molar-refractivity contribution in [3.8, 4) is 11.4 Å². The van der Waals surface area contributed by atoms with Crippen molar-refractivity contribution >= 4 is 0 Å². The Balaban J connectivity index is 2.03. The van der Waals surface area contributed by atoms with Crippen LogP contribution in [0.3, 0.4) is 0 Å². The number of ether oxygens (including phenoxy) is 1. The van der Waals surface area contributed by atoms with Crippen LogP contribution in [-0.4, -0.2) is 22.7 Å². The molecule has 1 N–H and O–H groups in total. The normalized spacial score (nSPS) is 11.4. The van der Waals surface area contributed by atoms with Crippen LogP contribution >= 0.6 is 0 Å². The SMILES string of the molecule is C=CCNCc1ccn(-c2ccc(OC(F)(F)F)cc2)n1. The number of halogens is 3. The van der Waals surface area contributed by atoms with E-state index < -0.39 is 6.36 Å². The van der Waals surface area contributed by atoms with Gasteiger partial charge in [-0.25, -0.2) is 4.68 Å². The number of nitrogens with zero attached hydrogens (tertiary/aromatic N) is 2. The van der Waals surface area contributed by atoms with Crippen LogP contribution in [-0.2, 0) is 6.54 Å². The second-order valence-corrected chi connectivity index (χ2v) is 4.21. The molecule has 0 aliphatic heterocycles. The predicted octanol–water partition coefficient (Wildman–Crippen LogP) is 3.05. The molecule has 0 saturated carbocycles. The van der Waals surface area contributed by atoms with E-state index in [9.17, 15) is 13.2 Å². The highest BCUT2D eigenvalue weighted by atomic mass is 19.4. The maximum absolute atomic E-state index is 12.1. The molecule has 2 aromatic rings. The van der Waals surface area contributed by atoms with Crippen molar-refractivity contribution in [2.45, 2.75) is 12.9 Å². The maximum Gasteiger partial charge on any atom is 0.573 e. The lowest BCUT2D eigenvalue weighted by Gasteiger charge is -2.09. The first kappa shape index (κ1) is 15.1. The molecule has 0 bridgehead atoms. The second-order valence-electron chi connectivity index (χ2n) is 4.21. The van der Waals surface area contributed by atoms with E-state index in [0.717, 1.165) is 5.69 Å². The molecule has 0 spiro atoms. The number of hydrogen-bond donors (Lipinski definition) is 1. The topological polar surface area (TPSA) is 39.1 Å². The smallest absolute Gasteiger partial charge is 0.406 e. The molecule has 0 saturated heterocycles. The molecule has 21 heavy (non-hydrogen) atoms. The Morgan fingerprint density at radius 1 is 1.24 bits per heavy atom. The fourth-order valence-electron chi connectivity index (χ4n) is 1.70. The van der Waals surface area contributed by atoms with E-state index in [4.69, 9.17) is 0 Å². The van der Waals surface area contributed by atoms with Crippen molar-refractivity contribution in [2.24, 2.45) is 0 Å². The average molecular weight is 297 g/mol. The van der Waals surface area contributed by atoms with Gasteiger partial charge in [-0.05, 0) is 30.3 Å². The summed E-state index contributed by atoms with van der Waals surface area (Å²) in [4.78, 5) is 0. The summed E-state index contributed by atoms with van der Waals surface area (Å²) in [6.45, 7) is 4.87. The van der Waals surface area contributed by atoms with Gasteiger partial charge in [0.05, 0.1) is 11.4 Å². The van der Waals surface area contributed by atoms with Crippen LogP contribution in [0.2, 0.25) is 0 Å². The van der Waals surface area contributed by atoms with Gasteiger partial charge in [-0.3, -0.25) is 0 Å². The molecule has 0 atom stereocenters. The van der Waals surface area contributed by atoms with E-state index in [-0.39, 0.29) is 5.75 Å². The standard InChI is InChI=1S/C14H14F3N3O/c1-2-8-18-10-11-7-9-20(19-11)12-3-5-13(6-4-12)21-14(15,16)17/h2-7,9,18H,1,8,10H2. The molecule has 1 aromatic carbocycles. The number of aromatic nitrogens is 2. The third-order valence-corrected chi connectivity index (χ3v) is 2.57. The van der Waals surface area contributed by atoms with Crippen LogP contribution in [0.1, 0.15) is 5.69 Å². The number of alkyl halides is 3. The summed E-state index contributed by atoms with van der Waals surface area (Å²) in [5.74, 6) is -0.258. The predicted molar refractivity (Wildman–Crippen MR) is 72.2 cm³/mol. The molecule has 1 heterocycles. The molecule has 0 aliphatic rings. The number of hydrogen-bond acceptors (Lipinski definition) is 3. The summed E-state index contributed by atoms with van der Waals surface area (Å²) in [6.07, 6.45) is -1.20. The van der Waals surface area contributed by atoms with Crippen LogP contribution in [0.5, 0.6) is 5.75 Å². The first-order chi connectivity index (χ1) is 9.98. The van der Waals surface area contributed by atoms with Gasteiger partial charge in [-0.1, -0.05) is 6.08 Å². The highest BCUT2D eigenvalue weighted by molar-refractivity contribution is 5.37. The number of nitrogens with one attached hydrogen (secondary N) is 1. The first-order valence-electron chi connectivity index (χ1n) is 6.20. The Labute approximate surface area is 119 Å². The van der Waals surface area contributed by atoms with Gasteiger partial charge < -0.3 is 10.1 Å². The Kier molecular flexibility index (Phi) is 4.64. The Bertz CT molecular complexity index is 590. The van der Waals surface area contributed by atoms with Gasteiger partial charge in [0.15, 0.2) is 0 Å². The van der Waals surface area contributed by atoms with Crippen molar-refractivity contribution < 1.29 is 17.9 Å². The van der Waals surface area contributed by atoms with Crippen molar-refractivity contribution in [1.82, 2.24) is 15.1 Å². The molecule has 0 amide bonds. The third-order valence-electron chi connectivity index (χ3n) is 2.57. The van der Waals surface area contributed by atoms with E-state index in [2.05, 4.69) is 21.7 Å². The molecular weight excluding hydrogens is 283 g/mol. The van der Waals surface area contributed by atoms with Crippen molar-refractivity contribution in [1.29, 1.82) is 0 Å². The first-order valence-corrected chi connectivity index (χ1v) is 6.20. The molecule has 0 unspecified atom stereocenters. The lowest BCUT2D eigenvalue weighted by Crippen LogP contribution is -2.17. The summed E-state index contributed by atoms with van der Waals surface area (Å²) >= 11 is 0. The second kappa shape index (κ2) is 6.45. The van der Waals surface area contributed by atoms with Crippen molar-refractivity contribution in [3.05, 3.63) is 54.9 Å². The molecule has 0 fully saturated rings. The van der Waals surface area contributed by atoms with Gasteiger partial charge >= 0.3 is 6.36 Å². The van der Waals surface area contributed by atoms with Crippen molar-refractivity contribution in [2.75, 3.05) is 6.54 Å². The van der Waals surface area contributed by atoms with E-state index in [1.165, 1.54) is 24.3 Å². The van der Waals surface area contributed by atoms with Gasteiger partial charge in [-0.15, -0.1) is 19.8 Å². The summed E-state index contributed by atoms with van der Waals surface area (Å²) in [6, 6.07) is 7.35. The van der Waals surface area contributed by atoms with Gasteiger partial charge in [-0.2, -0.15) is 5.10 Å². The summed E-state index contributed by atoms with van der Waals surface area (Å²) < 4.78 is 41.6. The van der Waals surface area contributed by atoms with E-state index in [1.54, 1.807) is 17.0 Å². The van der Waals surface area contributed by atoms with Gasteiger partial charge in [0.2, 0.25) is 0 Å². The minimum Gasteiger partial charge on any atom is -0.406 e. The average Bonchev–Trinajstić information content (AvgIpc) is 2.87. The lowest BCUT2D eigenvalue weighted by molar-refractivity contribution is -0.274. The fourth-order valence-corrected chi connectivity index (χ4v) is 1.70. The maximum atomic E-state index is 12.1. The Hall–Kier alpha value is -2.28. The molecule has 0 radical (unpaired) electrons. The number of benzene rings is 1. The van der Waals surface area contributed by atoms with E-state index in [0.29, 0.717) is 18.8 Å². The quantitative estimate of drug-likeness (QED) is 0.658. The summed E-state index contributed by atoms with van der Waals surface area (Å²) in [7, 11) is 0. The highest BCUT2D eigenvalue weighted by Gasteiger charge is 2.30. The monoisotopic (exact) mass is 297 g/mol. The van der Waals surface area contributed by atoms with E-state index >= 15 is 0 Å². The van der Waals surface area contributed by atoms with Crippen molar-refractivity contribution in [3.63, 3.8) is 0 Å². The van der Waals surface area contributed by atoms with Crippen LogP contribution in [0.15, 0.2) is 49.2 Å². The zero-order valence-corrected chi connectivity index (χ0v) is 11.1. The zero-order chi connectivity index (χ0) is 15.3. The summed E-state index contributed by atoms with van der Waals surface area (Å²) in [5, 5.41) is 7.43. The molecule has 7 heteroatoms. The third kappa shape index (κ3) is 4.64. The van der Waals surface area contributed by atoms with Gasteiger partial charge in [0.1, 0.15) is 5.75 Å². The molecule has 1 aromatic heterocycles. The van der Waals surface area contributed by atoms with Crippen LogP contribution < -0.4 is 10.1 Å². The lowest BCUT2D eigenvalue weighted by atomic mass is 10.3. The number of rotatable bonds is 6. The van der Waals surface area contributed by atoms with Crippen LogP contribution in [0.25, 0.3) is 5.69 Å². The van der Waals surface area contributed by atoms with Crippen LogP contribution in [0, 0.1) is 0 Å². The van der Waals surface area contributed by atoms with Gasteiger partial charge in [0.25, 0.3) is 0 Å². The molecule has 0 aliphatic carbocycles. The minimum atomic E-state index is -4.68. The van der Waals surface area contributed by atoms with Crippen LogP contribution in [0.4, 0.5) is 13.2 Å². The fraction of sp³-hybridized carbons (Fsp3) is 0.214. The molecule has 4 nitrogen and oxygen atoms in total.